The van der Waals surface area contributed by atoms with Gasteiger partial charge in [-0.3, -0.25) is 5.43 Å². The summed E-state index contributed by atoms with van der Waals surface area (Å²) in [7, 11) is 0. The van der Waals surface area contributed by atoms with Gasteiger partial charge in [0.25, 0.3) is 0 Å². The summed E-state index contributed by atoms with van der Waals surface area (Å²) in [6.45, 7) is 3.06. The van der Waals surface area contributed by atoms with E-state index in [1.807, 2.05) is 18.2 Å². The van der Waals surface area contributed by atoms with Crippen LogP contribution in [0.25, 0.3) is 11.0 Å². The standard InChI is InChI=1S/C10H14N4/c1-2-7-14-9-6-4-3-5-8(9)12-10(14)13-11/h3-6H,2,7,11H2,1H3,(H,12,13). The van der Waals surface area contributed by atoms with Gasteiger partial charge < -0.3 is 4.57 Å². The molecule has 74 valence electrons. The number of rotatable bonds is 3. The third-order valence-corrected chi connectivity index (χ3v) is 2.23. The zero-order valence-corrected chi connectivity index (χ0v) is 8.20. The quantitative estimate of drug-likeness (QED) is 0.572. The molecule has 0 aliphatic carbocycles. The summed E-state index contributed by atoms with van der Waals surface area (Å²) < 4.78 is 2.09. The van der Waals surface area contributed by atoms with Gasteiger partial charge in [-0.05, 0) is 18.6 Å². The fourth-order valence-electron chi connectivity index (χ4n) is 1.64. The summed E-state index contributed by atoms with van der Waals surface area (Å²) >= 11 is 0. The molecule has 0 amide bonds. The van der Waals surface area contributed by atoms with E-state index in [1.165, 1.54) is 0 Å². The van der Waals surface area contributed by atoms with E-state index in [0.29, 0.717) is 0 Å². The number of hydrazine groups is 1. The SMILES string of the molecule is CCCn1c(NN)nc2ccccc21. The topological polar surface area (TPSA) is 55.9 Å². The van der Waals surface area contributed by atoms with Crippen molar-refractivity contribution in [3.8, 4) is 0 Å². The Bertz CT molecular complexity index is 433. The summed E-state index contributed by atoms with van der Waals surface area (Å²) in [5.74, 6) is 6.14. The molecule has 2 aromatic rings. The number of nitrogen functional groups attached to an aromatic ring is 1. The van der Waals surface area contributed by atoms with Crippen molar-refractivity contribution in [3.05, 3.63) is 24.3 Å². The highest BCUT2D eigenvalue weighted by molar-refractivity contribution is 5.78. The molecule has 14 heavy (non-hydrogen) atoms. The fourth-order valence-corrected chi connectivity index (χ4v) is 1.64. The summed E-state index contributed by atoms with van der Waals surface area (Å²) in [5, 5.41) is 0. The van der Waals surface area contributed by atoms with Crippen LogP contribution in [-0.4, -0.2) is 9.55 Å². The predicted octanol–water partition coefficient (Wildman–Crippen LogP) is 1.73. The van der Waals surface area contributed by atoms with Gasteiger partial charge >= 0.3 is 0 Å². The molecule has 1 heterocycles. The summed E-state index contributed by atoms with van der Waals surface area (Å²) in [4.78, 5) is 4.38. The summed E-state index contributed by atoms with van der Waals surface area (Å²) in [5.41, 5.74) is 4.73. The average Bonchev–Trinajstić information content (AvgIpc) is 2.58. The normalized spacial score (nSPS) is 10.7. The molecule has 3 N–H and O–H groups in total. The second kappa shape index (κ2) is 3.67. The first-order chi connectivity index (χ1) is 6.86. The van der Waals surface area contributed by atoms with Crippen molar-refractivity contribution >= 4 is 17.0 Å². The molecule has 0 spiro atoms. The van der Waals surface area contributed by atoms with Gasteiger partial charge in [-0.15, -0.1) is 0 Å². The molecule has 4 nitrogen and oxygen atoms in total. The number of aryl methyl sites for hydroxylation is 1. The number of aromatic nitrogens is 2. The van der Waals surface area contributed by atoms with Gasteiger partial charge in [-0.1, -0.05) is 19.1 Å². The molecule has 0 fully saturated rings. The lowest BCUT2D eigenvalue weighted by molar-refractivity contribution is 0.702. The number of imidazole rings is 1. The maximum Gasteiger partial charge on any atom is 0.218 e. The van der Waals surface area contributed by atoms with Crippen LogP contribution < -0.4 is 11.3 Å². The monoisotopic (exact) mass is 190 g/mol. The lowest BCUT2D eigenvalue weighted by atomic mass is 10.3. The van der Waals surface area contributed by atoms with Crippen LogP contribution in [0.4, 0.5) is 5.95 Å². The van der Waals surface area contributed by atoms with Crippen LogP contribution in [0.5, 0.6) is 0 Å². The Kier molecular flexibility index (Phi) is 2.37. The molecule has 0 radical (unpaired) electrons. The first-order valence-electron chi connectivity index (χ1n) is 4.78. The molecule has 4 heteroatoms. The Labute approximate surface area is 82.7 Å². The van der Waals surface area contributed by atoms with Gasteiger partial charge in [0.2, 0.25) is 5.95 Å². The van der Waals surface area contributed by atoms with Gasteiger partial charge in [0, 0.05) is 6.54 Å². The second-order valence-electron chi connectivity index (χ2n) is 3.22. The molecule has 0 bridgehead atoms. The zero-order chi connectivity index (χ0) is 9.97. The summed E-state index contributed by atoms with van der Waals surface area (Å²) in [6.07, 6.45) is 1.06. The first kappa shape index (κ1) is 9.02. The second-order valence-corrected chi connectivity index (χ2v) is 3.22. The molecule has 0 aliphatic heterocycles. The molecule has 1 aromatic carbocycles. The van der Waals surface area contributed by atoms with Gasteiger partial charge in [-0.25, -0.2) is 10.8 Å². The van der Waals surface area contributed by atoms with E-state index >= 15 is 0 Å². The van der Waals surface area contributed by atoms with Crippen LogP contribution in [0, 0.1) is 0 Å². The summed E-state index contributed by atoms with van der Waals surface area (Å²) in [6, 6.07) is 8.03. The van der Waals surface area contributed by atoms with Gasteiger partial charge in [0.15, 0.2) is 0 Å². The van der Waals surface area contributed by atoms with Crippen molar-refractivity contribution in [2.75, 3.05) is 5.43 Å². The van der Waals surface area contributed by atoms with Gasteiger partial charge in [0.05, 0.1) is 11.0 Å². The van der Waals surface area contributed by atoms with E-state index in [-0.39, 0.29) is 0 Å². The van der Waals surface area contributed by atoms with E-state index in [2.05, 4.69) is 28.0 Å². The lowest BCUT2D eigenvalue weighted by Crippen LogP contribution is -2.13. The molecule has 0 saturated heterocycles. The number of nitrogens with one attached hydrogen (secondary N) is 1. The molecular formula is C10H14N4. The van der Waals surface area contributed by atoms with E-state index in [9.17, 15) is 0 Å². The van der Waals surface area contributed by atoms with Crippen molar-refractivity contribution in [2.24, 2.45) is 5.84 Å². The number of benzene rings is 1. The average molecular weight is 190 g/mol. The Hall–Kier alpha value is -1.55. The number of fused-ring (bicyclic) bond motifs is 1. The van der Waals surface area contributed by atoms with Gasteiger partial charge in [-0.2, -0.15) is 0 Å². The van der Waals surface area contributed by atoms with E-state index in [0.717, 1.165) is 29.9 Å². The van der Waals surface area contributed by atoms with Crippen molar-refractivity contribution in [1.82, 2.24) is 9.55 Å². The first-order valence-corrected chi connectivity index (χ1v) is 4.78. The Balaban J connectivity index is 2.61. The van der Waals surface area contributed by atoms with Crippen molar-refractivity contribution in [2.45, 2.75) is 19.9 Å². The number of hydrogen-bond donors (Lipinski definition) is 2. The molecule has 0 unspecified atom stereocenters. The molecule has 0 aliphatic rings. The number of nitrogens with zero attached hydrogens (tertiary/aromatic N) is 2. The molecule has 0 saturated carbocycles. The minimum absolute atomic E-state index is 0.730. The van der Waals surface area contributed by atoms with Crippen LogP contribution in [-0.2, 0) is 6.54 Å². The highest BCUT2D eigenvalue weighted by atomic mass is 15.3. The van der Waals surface area contributed by atoms with Crippen molar-refractivity contribution in [1.29, 1.82) is 0 Å². The lowest BCUT2D eigenvalue weighted by Gasteiger charge is -2.05. The molecule has 1 aromatic heterocycles. The van der Waals surface area contributed by atoms with Crippen LogP contribution in [0.2, 0.25) is 0 Å². The van der Waals surface area contributed by atoms with Crippen LogP contribution >= 0.6 is 0 Å². The minimum atomic E-state index is 0.730. The van der Waals surface area contributed by atoms with E-state index in [4.69, 9.17) is 5.84 Å². The van der Waals surface area contributed by atoms with Gasteiger partial charge in [0.1, 0.15) is 0 Å². The van der Waals surface area contributed by atoms with E-state index in [1.54, 1.807) is 0 Å². The largest absolute Gasteiger partial charge is 0.309 e. The Morgan fingerprint density at radius 2 is 2.21 bits per heavy atom. The minimum Gasteiger partial charge on any atom is -0.309 e. The maximum atomic E-state index is 5.41. The van der Waals surface area contributed by atoms with Crippen molar-refractivity contribution in [3.63, 3.8) is 0 Å². The fraction of sp³-hybridized carbons (Fsp3) is 0.300. The number of nitrogens with two attached hydrogens (primary N) is 1. The third-order valence-electron chi connectivity index (χ3n) is 2.23. The highest BCUT2D eigenvalue weighted by Crippen LogP contribution is 2.18. The zero-order valence-electron chi connectivity index (χ0n) is 8.20. The molecule has 2 rings (SSSR count). The van der Waals surface area contributed by atoms with E-state index < -0.39 is 0 Å². The maximum absolute atomic E-state index is 5.41. The third kappa shape index (κ3) is 1.33. The van der Waals surface area contributed by atoms with Crippen LogP contribution in [0.3, 0.4) is 0 Å². The Morgan fingerprint density at radius 1 is 1.43 bits per heavy atom. The Morgan fingerprint density at radius 3 is 2.93 bits per heavy atom. The number of para-hydroxylation sites is 2. The molecular weight excluding hydrogens is 176 g/mol. The predicted molar refractivity (Wildman–Crippen MR) is 57.8 cm³/mol. The smallest absolute Gasteiger partial charge is 0.218 e. The van der Waals surface area contributed by atoms with Crippen LogP contribution in [0.1, 0.15) is 13.3 Å². The van der Waals surface area contributed by atoms with Crippen molar-refractivity contribution < 1.29 is 0 Å². The molecule has 0 atom stereocenters. The highest BCUT2D eigenvalue weighted by Gasteiger charge is 2.07. The number of anilines is 1. The number of hydrogen-bond acceptors (Lipinski definition) is 3. The van der Waals surface area contributed by atoms with Crippen LogP contribution in [0.15, 0.2) is 24.3 Å².